The second-order valence-electron chi connectivity index (χ2n) is 7.39. The fraction of sp³-hybridized carbons (Fsp3) is 1.00. The highest BCUT2D eigenvalue weighted by atomic mass is 15.1. The molecule has 0 saturated carbocycles. The second-order valence-corrected chi connectivity index (χ2v) is 7.39. The quantitative estimate of drug-likeness (QED) is 0.589. The summed E-state index contributed by atoms with van der Waals surface area (Å²) in [4.78, 5) is 2.47. The van der Waals surface area contributed by atoms with Gasteiger partial charge in [0.1, 0.15) is 0 Å². The Balaban J connectivity index is 2.99. The van der Waals surface area contributed by atoms with Gasteiger partial charge in [-0.15, -0.1) is 0 Å². The van der Waals surface area contributed by atoms with Crippen molar-refractivity contribution in [2.24, 2.45) is 16.2 Å². The summed E-state index contributed by atoms with van der Waals surface area (Å²) in [6.45, 7) is 17.0. The standard InChI is InChI=1S/C14H29N/c1-12(2,3)14(13(4,5)6)8-10-15(7)11-9-14/h8-11H2,1-7H3. The van der Waals surface area contributed by atoms with Gasteiger partial charge in [-0.05, 0) is 49.2 Å². The first-order chi connectivity index (χ1) is 6.60. The minimum absolute atomic E-state index is 0.409. The van der Waals surface area contributed by atoms with Crippen molar-refractivity contribution < 1.29 is 0 Å². The van der Waals surface area contributed by atoms with Gasteiger partial charge in [0.05, 0.1) is 0 Å². The molecule has 1 aliphatic rings. The van der Waals surface area contributed by atoms with Crippen molar-refractivity contribution in [3.8, 4) is 0 Å². The predicted octanol–water partition coefficient (Wildman–Crippen LogP) is 3.79. The van der Waals surface area contributed by atoms with Gasteiger partial charge < -0.3 is 4.90 Å². The van der Waals surface area contributed by atoms with E-state index in [1.54, 1.807) is 0 Å². The Morgan fingerprint density at radius 1 is 0.800 bits per heavy atom. The summed E-state index contributed by atoms with van der Waals surface area (Å²) in [5.41, 5.74) is 1.31. The Morgan fingerprint density at radius 3 is 1.40 bits per heavy atom. The van der Waals surface area contributed by atoms with Gasteiger partial charge in [0.25, 0.3) is 0 Å². The van der Waals surface area contributed by atoms with Crippen molar-refractivity contribution in [3.63, 3.8) is 0 Å². The van der Waals surface area contributed by atoms with Crippen LogP contribution < -0.4 is 0 Å². The van der Waals surface area contributed by atoms with E-state index in [1.165, 1.54) is 25.9 Å². The predicted molar refractivity (Wildman–Crippen MR) is 68.1 cm³/mol. The summed E-state index contributed by atoms with van der Waals surface area (Å²) in [7, 11) is 2.25. The van der Waals surface area contributed by atoms with E-state index in [1.807, 2.05) is 0 Å². The third-order valence-electron chi connectivity index (χ3n) is 4.71. The molecular weight excluding hydrogens is 182 g/mol. The normalized spacial score (nSPS) is 24.2. The van der Waals surface area contributed by atoms with Crippen LogP contribution in [0.1, 0.15) is 54.4 Å². The van der Waals surface area contributed by atoms with Crippen LogP contribution in [0.4, 0.5) is 0 Å². The van der Waals surface area contributed by atoms with Crippen LogP contribution >= 0.6 is 0 Å². The van der Waals surface area contributed by atoms with Gasteiger partial charge >= 0.3 is 0 Å². The Bertz CT molecular complexity index is 192. The Labute approximate surface area is 96.2 Å². The molecule has 0 aromatic carbocycles. The summed E-state index contributed by atoms with van der Waals surface area (Å²) in [6, 6.07) is 0. The number of nitrogens with zero attached hydrogens (tertiary/aromatic N) is 1. The van der Waals surface area contributed by atoms with Gasteiger partial charge in [-0.25, -0.2) is 0 Å². The first-order valence-corrected chi connectivity index (χ1v) is 6.29. The zero-order chi connectivity index (χ0) is 11.9. The summed E-state index contributed by atoms with van der Waals surface area (Å²) in [6.07, 6.45) is 2.69. The lowest BCUT2D eigenvalue weighted by Gasteiger charge is -2.57. The molecule has 0 radical (unpaired) electrons. The SMILES string of the molecule is CN1CCC(C(C)(C)C)(C(C)(C)C)CC1. The van der Waals surface area contributed by atoms with Crippen LogP contribution in [-0.4, -0.2) is 25.0 Å². The molecule has 0 unspecified atom stereocenters. The molecule has 1 aliphatic heterocycles. The van der Waals surface area contributed by atoms with E-state index in [2.05, 4.69) is 53.5 Å². The van der Waals surface area contributed by atoms with Crippen molar-refractivity contribution in [2.45, 2.75) is 54.4 Å². The lowest BCUT2D eigenvalue weighted by Crippen LogP contribution is -2.52. The molecule has 1 rings (SSSR count). The molecule has 1 heteroatoms. The molecule has 0 aromatic heterocycles. The van der Waals surface area contributed by atoms with Crippen molar-refractivity contribution in [2.75, 3.05) is 20.1 Å². The van der Waals surface area contributed by atoms with E-state index in [9.17, 15) is 0 Å². The molecule has 1 saturated heterocycles. The third kappa shape index (κ3) is 2.22. The molecule has 0 aliphatic carbocycles. The van der Waals surface area contributed by atoms with Crippen molar-refractivity contribution in [1.29, 1.82) is 0 Å². The highest BCUT2D eigenvalue weighted by Gasteiger charge is 2.50. The molecule has 0 atom stereocenters. The molecule has 0 amide bonds. The topological polar surface area (TPSA) is 3.24 Å². The fourth-order valence-electron chi connectivity index (χ4n) is 3.63. The smallest absolute Gasteiger partial charge is 0.00161 e. The van der Waals surface area contributed by atoms with Gasteiger partial charge in [0, 0.05) is 0 Å². The Morgan fingerprint density at radius 2 is 1.13 bits per heavy atom. The zero-order valence-electron chi connectivity index (χ0n) is 11.8. The number of likely N-dealkylation sites (tertiary alicyclic amines) is 1. The molecule has 0 spiro atoms. The highest BCUT2D eigenvalue weighted by Crippen LogP contribution is 2.57. The maximum atomic E-state index is 2.47. The summed E-state index contributed by atoms with van der Waals surface area (Å²) in [5, 5.41) is 0. The van der Waals surface area contributed by atoms with E-state index in [-0.39, 0.29) is 0 Å². The minimum atomic E-state index is 0.409. The molecule has 0 aromatic rings. The monoisotopic (exact) mass is 211 g/mol. The summed E-state index contributed by atoms with van der Waals surface area (Å²) >= 11 is 0. The van der Waals surface area contributed by atoms with Crippen LogP contribution in [0.25, 0.3) is 0 Å². The summed E-state index contributed by atoms with van der Waals surface area (Å²) < 4.78 is 0. The van der Waals surface area contributed by atoms with Crippen LogP contribution in [0.2, 0.25) is 0 Å². The van der Waals surface area contributed by atoms with Gasteiger partial charge in [-0.2, -0.15) is 0 Å². The number of hydrogen-bond acceptors (Lipinski definition) is 1. The Kier molecular flexibility index (Phi) is 3.27. The largest absolute Gasteiger partial charge is 0.306 e. The molecule has 1 heterocycles. The van der Waals surface area contributed by atoms with Crippen LogP contribution in [0.3, 0.4) is 0 Å². The van der Waals surface area contributed by atoms with E-state index < -0.39 is 0 Å². The minimum Gasteiger partial charge on any atom is -0.306 e. The number of hydrogen-bond donors (Lipinski definition) is 0. The zero-order valence-corrected chi connectivity index (χ0v) is 11.8. The van der Waals surface area contributed by atoms with Crippen LogP contribution in [0.5, 0.6) is 0 Å². The van der Waals surface area contributed by atoms with Crippen LogP contribution in [0, 0.1) is 16.2 Å². The molecule has 0 N–H and O–H groups in total. The van der Waals surface area contributed by atoms with Gasteiger partial charge in [0.2, 0.25) is 0 Å². The van der Waals surface area contributed by atoms with Crippen molar-refractivity contribution >= 4 is 0 Å². The number of rotatable bonds is 0. The third-order valence-corrected chi connectivity index (χ3v) is 4.71. The van der Waals surface area contributed by atoms with Gasteiger partial charge in [-0.1, -0.05) is 41.5 Å². The van der Waals surface area contributed by atoms with Crippen LogP contribution in [0.15, 0.2) is 0 Å². The molecule has 15 heavy (non-hydrogen) atoms. The average molecular weight is 211 g/mol. The first kappa shape index (κ1) is 13.0. The van der Waals surface area contributed by atoms with E-state index >= 15 is 0 Å². The van der Waals surface area contributed by atoms with Crippen molar-refractivity contribution in [3.05, 3.63) is 0 Å². The van der Waals surface area contributed by atoms with E-state index in [0.29, 0.717) is 16.2 Å². The molecule has 0 bridgehead atoms. The lowest BCUT2D eigenvalue weighted by atomic mass is 9.50. The second kappa shape index (κ2) is 3.76. The van der Waals surface area contributed by atoms with Crippen LogP contribution in [-0.2, 0) is 0 Å². The maximum Gasteiger partial charge on any atom is -0.00161 e. The molecular formula is C14H29N. The van der Waals surface area contributed by atoms with Gasteiger partial charge in [0.15, 0.2) is 0 Å². The van der Waals surface area contributed by atoms with E-state index in [0.717, 1.165) is 0 Å². The summed E-state index contributed by atoms with van der Waals surface area (Å²) in [5.74, 6) is 0. The lowest BCUT2D eigenvalue weighted by molar-refractivity contribution is -0.0777. The van der Waals surface area contributed by atoms with Gasteiger partial charge in [-0.3, -0.25) is 0 Å². The maximum absolute atomic E-state index is 2.47. The fourth-order valence-corrected chi connectivity index (χ4v) is 3.63. The molecule has 90 valence electrons. The molecule has 1 nitrogen and oxygen atoms in total. The number of piperidine rings is 1. The van der Waals surface area contributed by atoms with E-state index in [4.69, 9.17) is 0 Å². The highest BCUT2D eigenvalue weighted by molar-refractivity contribution is 5.00. The first-order valence-electron chi connectivity index (χ1n) is 6.29. The average Bonchev–Trinajstić information content (AvgIpc) is 2.00. The molecule has 1 fully saturated rings. The Hall–Kier alpha value is -0.0400. The van der Waals surface area contributed by atoms with Crippen molar-refractivity contribution in [1.82, 2.24) is 4.90 Å².